The molecular weight excluding hydrogens is 320 g/mol. The molecule has 0 spiro atoms. The SMILES string of the molecule is Cc1sc2nc(CN(C)C(CN)C3CC3)[nH]c(=O)c2c1C.Cl. The van der Waals surface area contributed by atoms with Gasteiger partial charge in [-0.1, -0.05) is 0 Å². The summed E-state index contributed by atoms with van der Waals surface area (Å²) in [6.45, 7) is 5.31. The highest BCUT2D eigenvalue weighted by molar-refractivity contribution is 7.18. The van der Waals surface area contributed by atoms with Crippen LogP contribution in [0.15, 0.2) is 4.79 Å². The summed E-state index contributed by atoms with van der Waals surface area (Å²) in [5.74, 6) is 1.44. The number of halogens is 1. The molecular formula is C15H23ClN4OS. The van der Waals surface area contributed by atoms with Gasteiger partial charge in [-0.2, -0.15) is 0 Å². The van der Waals surface area contributed by atoms with E-state index in [1.54, 1.807) is 11.3 Å². The molecule has 0 amide bonds. The molecule has 2 aromatic heterocycles. The quantitative estimate of drug-likeness (QED) is 0.873. The van der Waals surface area contributed by atoms with Gasteiger partial charge in [-0.15, -0.1) is 23.7 Å². The molecule has 1 saturated carbocycles. The molecule has 2 heterocycles. The van der Waals surface area contributed by atoms with Crippen LogP contribution in [0.5, 0.6) is 0 Å². The van der Waals surface area contributed by atoms with Gasteiger partial charge in [-0.3, -0.25) is 9.69 Å². The Morgan fingerprint density at radius 3 is 2.73 bits per heavy atom. The van der Waals surface area contributed by atoms with Gasteiger partial charge in [0.05, 0.1) is 11.9 Å². The third-order valence-electron chi connectivity index (χ3n) is 4.46. The number of likely N-dealkylation sites (N-methyl/N-ethyl adjacent to an activating group) is 1. The molecule has 0 aromatic carbocycles. The second-order valence-corrected chi connectivity index (χ2v) is 7.23. The zero-order valence-electron chi connectivity index (χ0n) is 13.2. The number of hydrogen-bond acceptors (Lipinski definition) is 5. The molecule has 0 bridgehead atoms. The molecule has 22 heavy (non-hydrogen) atoms. The Morgan fingerprint density at radius 2 is 2.14 bits per heavy atom. The minimum Gasteiger partial charge on any atom is -0.329 e. The van der Waals surface area contributed by atoms with Crippen LogP contribution in [0.25, 0.3) is 10.2 Å². The molecule has 0 radical (unpaired) electrons. The lowest BCUT2D eigenvalue weighted by Gasteiger charge is -2.26. The van der Waals surface area contributed by atoms with Crippen LogP contribution in [0, 0.1) is 19.8 Å². The number of hydrogen-bond donors (Lipinski definition) is 2. The van der Waals surface area contributed by atoms with Gasteiger partial charge in [0.15, 0.2) is 0 Å². The first-order chi connectivity index (χ1) is 10.0. The van der Waals surface area contributed by atoms with Crippen LogP contribution in [-0.2, 0) is 6.54 Å². The first-order valence-electron chi connectivity index (χ1n) is 7.40. The van der Waals surface area contributed by atoms with Gasteiger partial charge in [0.25, 0.3) is 5.56 Å². The smallest absolute Gasteiger partial charge is 0.259 e. The van der Waals surface area contributed by atoms with Gasteiger partial charge in [-0.05, 0) is 45.2 Å². The summed E-state index contributed by atoms with van der Waals surface area (Å²) >= 11 is 1.59. The van der Waals surface area contributed by atoms with Crippen LogP contribution in [0.4, 0.5) is 0 Å². The lowest BCUT2D eigenvalue weighted by Crippen LogP contribution is -2.39. The molecule has 0 saturated heterocycles. The molecule has 2 aromatic rings. The van der Waals surface area contributed by atoms with Crippen molar-refractivity contribution in [2.75, 3.05) is 13.6 Å². The Labute approximate surface area is 140 Å². The van der Waals surface area contributed by atoms with Crippen molar-refractivity contribution in [1.29, 1.82) is 0 Å². The highest BCUT2D eigenvalue weighted by Gasteiger charge is 2.33. The maximum absolute atomic E-state index is 12.3. The van der Waals surface area contributed by atoms with E-state index in [4.69, 9.17) is 5.73 Å². The van der Waals surface area contributed by atoms with Crippen molar-refractivity contribution in [3.63, 3.8) is 0 Å². The van der Waals surface area contributed by atoms with Crippen molar-refractivity contribution in [2.45, 2.75) is 39.3 Å². The van der Waals surface area contributed by atoms with E-state index >= 15 is 0 Å². The predicted octanol–water partition coefficient (Wildman–Crippen LogP) is 2.19. The molecule has 1 fully saturated rings. The largest absolute Gasteiger partial charge is 0.329 e. The third kappa shape index (κ3) is 3.20. The number of nitrogens with zero attached hydrogens (tertiary/aromatic N) is 2. The molecule has 7 heteroatoms. The molecule has 3 rings (SSSR count). The number of nitrogens with one attached hydrogen (secondary N) is 1. The van der Waals surface area contributed by atoms with Crippen LogP contribution in [-0.4, -0.2) is 34.5 Å². The van der Waals surface area contributed by atoms with Gasteiger partial charge < -0.3 is 10.7 Å². The van der Waals surface area contributed by atoms with E-state index in [0.29, 0.717) is 25.0 Å². The molecule has 1 unspecified atom stereocenters. The van der Waals surface area contributed by atoms with E-state index in [1.807, 2.05) is 13.8 Å². The van der Waals surface area contributed by atoms with Crippen LogP contribution in [0.3, 0.4) is 0 Å². The second-order valence-electron chi connectivity index (χ2n) is 6.03. The molecule has 1 aliphatic carbocycles. The Morgan fingerprint density at radius 1 is 1.45 bits per heavy atom. The van der Waals surface area contributed by atoms with Crippen LogP contribution in [0.1, 0.15) is 29.1 Å². The van der Waals surface area contributed by atoms with Gasteiger partial charge >= 0.3 is 0 Å². The minimum absolute atomic E-state index is 0. The van der Waals surface area contributed by atoms with Crippen LogP contribution >= 0.6 is 23.7 Å². The second kappa shape index (κ2) is 6.66. The molecule has 1 aliphatic rings. The van der Waals surface area contributed by atoms with E-state index in [1.165, 1.54) is 12.8 Å². The number of thiophene rings is 1. The number of aryl methyl sites for hydroxylation is 2. The zero-order chi connectivity index (χ0) is 15.1. The van der Waals surface area contributed by atoms with Gasteiger partial charge in [0, 0.05) is 17.5 Å². The van der Waals surface area contributed by atoms with Crippen molar-refractivity contribution in [3.8, 4) is 0 Å². The molecule has 3 N–H and O–H groups in total. The van der Waals surface area contributed by atoms with E-state index in [9.17, 15) is 4.79 Å². The summed E-state index contributed by atoms with van der Waals surface area (Å²) in [5.41, 5.74) is 6.90. The topological polar surface area (TPSA) is 75.0 Å². The molecule has 0 aliphatic heterocycles. The maximum Gasteiger partial charge on any atom is 0.259 e. The summed E-state index contributed by atoms with van der Waals surface area (Å²) in [6, 6.07) is 0.387. The van der Waals surface area contributed by atoms with E-state index in [0.717, 1.165) is 26.5 Å². The number of H-pyrrole nitrogens is 1. The van der Waals surface area contributed by atoms with Gasteiger partial charge in [0.2, 0.25) is 0 Å². The highest BCUT2D eigenvalue weighted by atomic mass is 35.5. The van der Waals surface area contributed by atoms with Crippen molar-refractivity contribution in [3.05, 3.63) is 26.6 Å². The number of rotatable bonds is 5. The van der Waals surface area contributed by atoms with Crippen molar-refractivity contribution in [2.24, 2.45) is 11.7 Å². The summed E-state index contributed by atoms with van der Waals surface area (Å²) in [6.07, 6.45) is 2.52. The first kappa shape index (κ1) is 17.4. The predicted molar refractivity (Wildman–Crippen MR) is 94.0 cm³/mol. The zero-order valence-corrected chi connectivity index (χ0v) is 14.8. The summed E-state index contributed by atoms with van der Waals surface area (Å²) < 4.78 is 0. The average Bonchev–Trinajstić information content (AvgIpc) is 3.18. The van der Waals surface area contributed by atoms with E-state index < -0.39 is 0 Å². The van der Waals surface area contributed by atoms with Gasteiger partial charge in [0.1, 0.15) is 10.7 Å². The lowest BCUT2D eigenvalue weighted by molar-refractivity contribution is 0.211. The summed E-state index contributed by atoms with van der Waals surface area (Å²) in [4.78, 5) is 24.1. The van der Waals surface area contributed by atoms with Crippen molar-refractivity contribution < 1.29 is 0 Å². The van der Waals surface area contributed by atoms with Crippen LogP contribution < -0.4 is 11.3 Å². The van der Waals surface area contributed by atoms with E-state index in [2.05, 4.69) is 21.9 Å². The van der Waals surface area contributed by atoms with Crippen molar-refractivity contribution >= 4 is 34.0 Å². The number of aromatic amines is 1. The van der Waals surface area contributed by atoms with Gasteiger partial charge in [-0.25, -0.2) is 4.98 Å². The standard InChI is InChI=1S/C15H22N4OS.ClH/c1-8-9(2)21-15-13(8)14(20)17-12(18-15)7-19(3)11(6-16)10-4-5-10;/h10-11H,4-7,16H2,1-3H3,(H,17,18,20);1H. The number of fused-ring (bicyclic) bond motifs is 1. The van der Waals surface area contributed by atoms with Crippen LogP contribution in [0.2, 0.25) is 0 Å². The summed E-state index contributed by atoms with van der Waals surface area (Å²) in [5, 5.41) is 0.737. The molecule has 5 nitrogen and oxygen atoms in total. The Bertz CT molecular complexity index is 722. The average molecular weight is 343 g/mol. The molecule has 1 atom stereocenters. The normalized spacial score (nSPS) is 16.0. The Balaban J connectivity index is 0.00000176. The third-order valence-corrected chi connectivity index (χ3v) is 5.56. The molecule has 122 valence electrons. The fourth-order valence-electron chi connectivity index (χ4n) is 2.94. The Kier molecular flexibility index (Phi) is 5.27. The Hall–Kier alpha value is -0.950. The maximum atomic E-state index is 12.3. The number of nitrogens with two attached hydrogens (primary N) is 1. The lowest BCUT2D eigenvalue weighted by atomic mass is 10.1. The monoisotopic (exact) mass is 342 g/mol. The fraction of sp³-hybridized carbons (Fsp3) is 0.600. The van der Waals surface area contributed by atoms with E-state index in [-0.39, 0.29) is 18.0 Å². The fourth-order valence-corrected chi connectivity index (χ4v) is 3.99. The van der Waals surface area contributed by atoms with Crippen molar-refractivity contribution in [1.82, 2.24) is 14.9 Å². The minimum atomic E-state index is -0.0269. The number of aromatic nitrogens is 2. The summed E-state index contributed by atoms with van der Waals surface area (Å²) in [7, 11) is 2.06. The first-order valence-corrected chi connectivity index (χ1v) is 8.22. The highest BCUT2D eigenvalue weighted by Crippen LogP contribution is 2.34.